The summed E-state index contributed by atoms with van der Waals surface area (Å²) in [4.78, 5) is 37.8. The highest BCUT2D eigenvalue weighted by Crippen LogP contribution is 2.47. The molecule has 0 bridgehead atoms. The SMILES string of the molecule is C[C@H](N[P@](=O)(OC[C@H]1OC(n2ccc(=O)[nH]c2=O)[C@](C)(F)[C@@H]1O)Oc1ccccc1)C(=O)OC1CC1. The van der Waals surface area contributed by atoms with E-state index in [1.54, 1.807) is 18.2 Å². The highest BCUT2D eigenvalue weighted by atomic mass is 31.2. The Hall–Kier alpha value is -2.83. The van der Waals surface area contributed by atoms with Gasteiger partial charge in [-0.25, -0.2) is 13.8 Å². The molecule has 3 N–H and O–H groups in total. The van der Waals surface area contributed by atoms with Crippen LogP contribution < -0.4 is 20.9 Å². The fourth-order valence-electron chi connectivity index (χ4n) is 3.59. The van der Waals surface area contributed by atoms with E-state index < -0.39 is 61.7 Å². The van der Waals surface area contributed by atoms with Gasteiger partial charge in [0.2, 0.25) is 0 Å². The minimum Gasteiger partial charge on any atom is -0.461 e. The topological polar surface area (TPSA) is 158 Å². The van der Waals surface area contributed by atoms with Crippen LogP contribution in [0.5, 0.6) is 5.75 Å². The van der Waals surface area contributed by atoms with E-state index in [1.165, 1.54) is 19.1 Å². The summed E-state index contributed by atoms with van der Waals surface area (Å²) in [5, 5.41) is 13.1. The molecule has 1 unspecified atom stereocenters. The van der Waals surface area contributed by atoms with Gasteiger partial charge in [-0.3, -0.25) is 23.7 Å². The lowest BCUT2D eigenvalue weighted by Crippen LogP contribution is -2.43. The molecule has 14 heteroatoms. The average Bonchev–Trinajstić information content (AvgIpc) is 3.60. The number of carbonyl (C=O) groups excluding carboxylic acids is 1. The lowest BCUT2D eigenvalue weighted by molar-refractivity contribution is -0.146. The van der Waals surface area contributed by atoms with E-state index in [0.717, 1.165) is 36.6 Å². The summed E-state index contributed by atoms with van der Waals surface area (Å²) in [6.45, 7) is 1.82. The first-order valence-electron chi connectivity index (χ1n) is 11.3. The van der Waals surface area contributed by atoms with Crippen LogP contribution in [0.3, 0.4) is 0 Å². The third kappa shape index (κ3) is 5.93. The van der Waals surface area contributed by atoms with Crippen molar-refractivity contribution in [2.24, 2.45) is 0 Å². The number of hydrogen-bond donors (Lipinski definition) is 3. The summed E-state index contributed by atoms with van der Waals surface area (Å²) >= 11 is 0. The van der Waals surface area contributed by atoms with Crippen LogP contribution in [-0.4, -0.2) is 57.3 Å². The van der Waals surface area contributed by atoms with Gasteiger partial charge in [-0.05, 0) is 38.8 Å². The number of esters is 1. The van der Waals surface area contributed by atoms with Gasteiger partial charge in [-0.15, -0.1) is 0 Å². The summed E-state index contributed by atoms with van der Waals surface area (Å²) in [5.74, 6) is -0.485. The fourth-order valence-corrected chi connectivity index (χ4v) is 5.09. The molecule has 1 saturated heterocycles. The van der Waals surface area contributed by atoms with E-state index in [1.807, 2.05) is 4.98 Å². The fraction of sp³-hybridized carbons (Fsp3) is 0.500. The Balaban J connectivity index is 1.50. The predicted octanol–water partition coefficient (Wildman–Crippen LogP) is 1.41. The minimum atomic E-state index is -4.28. The molecule has 2 fully saturated rings. The molecule has 2 heterocycles. The van der Waals surface area contributed by atoms with Crippen LogP contribution in [0, 0.1) is 0 Å². The zero-order valence-corrected chi connectivity index (χ0v) is 20.4. The number of hydrogen-bond acceptors (Lipinski definition) is 9. The highest BCUT2D eigenvalue weighted by Gasteiger charge is 2.56. The standard InChI is InChI=1S/C22H27FN3O9P/c1-13(19(29)33-14-8-9-14)25-36(31,35-15-6-4-3-5-7-15)32-12-16-18(28)22(2,23)20(34-16)26-11-10-17(27)24-21(26)30/h3-7,10-11,13-14,16,18,20,28H,8-9,12H2,1-2H3,(H,25,31)(H,24,27,30)/t13-,16+,18+,20?,22+,36-/m0/s1. The van der Waals surface area contributed by atoms with Gasteiger partial charge in [0.25, 0.3) is 5.56 Å². The van der Waals surface area contributed by atoms with Gasteiger partial charge in [-0.1, -0.05) is 18.2 Å². The van der Waals surface area contributed by atoms with Gasteiger partial charge in [0.1, 0.15) is 30.1 Å². The van der Waals surface area contributed by atoms with Crippen LogP contribution in [0.15, 0.2) is 52.2 Å². The number of carbonyl (C=O) groups is 1. The number of benzene rings is 1. The molecule has 4 rings (SSSR count). The number of nitrogens with zero attached hydrogens (tertiary/aromatic N) is 1. The Morgan fingerprint density at radius 2 is 2.03 bits per heavy atom. The Morgan fingerprint density at radius 1 is 1.33 bits per heavy atom. The molecule has 1 aromatic heterocycles. The molecule has 196 valence electrons. The monoisotopic (exact) mass is 527 g/mol. The van der Waals surface area contributed by atoms with Crippen molar-refractivity contribution in [3.63, 3.8) is 0 Å². The van der Waals surface area contributed by atoms with Crippen LogP contribution in [0.1, 0.15) is 32.9 Å². The minimum absolute atomic E-state index is 0.164. The van der Waals surface area contributed by atoms with Crippen molar-refractivity contribution in [3.8, 4) is 5.75 Å². The summed E-state index contributed by atoms with van der Waals surface area (Å²) in [6, 6.07) is 7.95. The Kier molecular flexibility index (Phi) is 7.48. The summed E-state index contributed by atoms with van der Waals surface area (Å²) < 4.78 is 51.6. The number of nitrogens with one attached hydrogen (secondary N) is 2. The largest absolute Gasteiger partial charge is 0.461 e. The number of aliphatic hydroxyl groups excluding tert-OH is 1. The Morgan fingerprint density at radius 3 is 2.67 bits per heavy atom. The van der Waals surface area contributed by atoms with E-state index in [0.29, 0.717) is 0 Å². The Labute approximate surface area is 204 Å². The smallest absolute Gasteiger partial charge is 0.459 e. The third-order valence-corrected chi connectivity index (χ3v) is 7.35. The van der Waals surface area contributed by atoms with Crippen molar-refractivity contribution >= 4 is 13.7 Å². The van der Waals surface area contributed by atoms with Crippen LogP contribution in [0.4, 0.5) is 4.39 Å². The number of halogens is 1. The molecular weight excluding hydrogens is 500 g/mol. The van der Waals surface area contributed by atoms with E-state index in [4.69, 9.17) is 18.5 Å². The summed E-state index contributed by atoms with van der Waals surface area (Å²) in [7, 11) is -4.28. The second kappa shape index (κ2) is 10.3. The molecule has 0 spiro atoms. The van der Waals surface area contributed by atoms with E-state index in [2.05, 4.69) is 5.09 Å². The highest BCUT2D eigenvalue weighted by molar-refractivity contribution is 7.52. The number of aromatic nitrogens is 2. The summed E-state index contributed by atoms with van der Waals surface area (Å²) in [6.07, 6.45) is -2.42. The van der Waals surface area contributed by atoms with Crippen molar-refractivity contribution in [3.05, 3.63) is 63.4 Å². The lowest BCUT2D eigenvalue weighted by atomic mass is 9.98. The van der Waals surface area contributed by atoms with Gasteiger partial charge in [0, 0.05) is 12.3 Å². The zero-order chi connectivity index (χ0) is 26.1. The molecule has 6 atom stereocenters. The van der Waals surface area contributed by atoms with Gasteiger partial charge in [0.15, 0.2) is 11.9 Å². The normalized spacial score (nSPS) is 28.3. The number of aliphatic hydroxyl groups is 1. The third-order valence-electron chi connectivity index (χ3n) is 5.71. The maximum absolute atomic E-state index is 15.4. The van der Waals surface area contributed by atoms with Crippen molar-refractivity contribution in [1.82, 2.24) is 14.6 Å². The molecule has 1 aliphatic carbocycles. The molecule has 2 aliphatic rings. The van der Waals surface area contributed by atoms with Crippen molar-refractivity contribution in [2.45, 2.75) is 62.9 Å². The van der Waals surface area contributed by atoms with Crippen molar-refractivity contribution in [1.29, 1.82) is 0 Å². The Bertz CT molecular complexity index is 1250. The van der Waals surface area contributed by atoms with E-state index >= 15 is 4.39 Å². The molecule has 2 aromatic rings. The molecule has 1 aliphatic heterocycles. The molecule has 0 radical (unpaired) electrons. The maximum atomic E-state index is 15.4. The first kappa shape index (κ1) is 26.2. The first-order chi connectivity index (χ1) is 17.0. The quantitative estimate of drug-likeness (QED) is 0.305. The number of rotatable bonds is 10. The van der Waals surface area contributed by atoms with E-state index in [9.17, 15) is 24.1 Å². The first-order valence-corrected chi connectivity index (χ1v) is 12.8. The predicted molar refractivity (Wildman–Crippen MR) is 123 cm³/mol. The number of H-pyrrole nitrogens is 1. The second-order valence-corrected chi connectivity index (χ2v) is 10.5. The van der Waals surface area contributed by atoms with Crippen LogP contribution in [0.25, 0.3) is 0 Å². The molecular formula is C22H27FN3O9P. The van der Waals surface area contributed by atoms with Crippen molar-refractivity contribution in [2.75, 3.05) is 6.61 Å². The maximum Gasteiger partial charge on any atom is 0.459 e. The van der Waals surface area contributed by atoms with Gasteiger partial charge >= 0.3 is 19.4 Å². The lowest BCUT2D eigenvalue weighted by Gasteiger charge is -2.25. The van der Waals surface area contributed by atoms with Gasteiger partial charge in [0.05, 0.1) is 6.61 Å². The van der Waals surface area contributed by atoms with Crippen molar-refractivity contribution < 1.29 is 37.4 Å². The second-order valence-electron chi connectivity index (χ2n) is 8.82. The molecule has 12 nitrogen and oxygen atoms in total. The van der Waals surface area contributed by atoms with Gasteiger partial charge in [-0.2, -0.15) is 5.09 Å². The zero-order valence-electron chi connectivity index (χ0n) is 19.5. The number of aromatic amines is 1. The van der Waals surface area contributed by atoms with Gasteiger partial charge < -0.3 is 19.1 Å². The number of ether oxygens (including phenoxy) is 2. The van der Waals surface area contributed by atoms with Crippen LogP contribution in [-0.2, 0) is 23.4 Å². The van der Waals surface area contributed by atoms with Crippen LogP contribution in [0.2, 0.25) is 0 Å². The number of alkyl halides is 1. The molecule has 1 aromatic carbocycles. The molecule has 1 saturated carbocycles. The molecule has 36 heavy (non-hydrogen) atoms. The summed E-state index contributed by atoms with van der Waals surface area (Å²) in [5.41, 5.74) is -4.10. The van der Waals surface area contributed by atoms with Crippen LogP contribution >= 0.6 is 7.75 Å². The average molecular weight is 527 g/mol. The number of para-hydroxylation sites is 1. The molecule has 0 amide bonds. The van der Waals surface area contributed by atoms with E-state index in [-0.39, 0.29) is 11.9 Å².